The van der Waals surface area contributed by atoms with Gasteiger partial charge in [-0.1, -0.05) is 19.1 Å². The summed E-state index contributed by atoms with van der Waals surface area (Å²) in [5, 5.41) is 14.1. The van der Waals surface area contributed by atoms with Gasteiger partial charge in [0.05, 0.1) is 11.6 Å². The number of nitrogens with one attached hydrogen (secondary N) is 3. The van der Waals surface area contributed by atoms with Crippen LogP contribution in [0.1, 0.15) is 31.1 Å². The number of hydrogen-bond donors (Lipinski definition) is 3. The quantitative estimate of drug-likeness (QED) is 0.424. The molecule has 29 heavy (non-hydrogen) atoms. The van der Waals surface area contributed by atoms with Crippen LogP contribution in [0.5, 0.6) is 0 Å². The number of aromatic nitrogens is 4. The number of fused-ring (bicyclic) bond motifs is 1. The molecular weight excluding hydrogens is 374 g/mol. The zero-order valence-corrected chi connectivity index (χ0v) is 16.0. The number of hydrogen-bond acceptors (Lipinski definition) is 5. The topological polar surface area (TPSA) is 78.5 Å². The van der Waals surface area contributed by atoms with E-state index in [-0.39, 0.29) is 17.7 Å². The van der Waals surface area contributed by atoms with Crippen molar-refractivity contribution >= 4 is 28.5 Å². The zero-order chi connectivity index (χ0) is 20.4. The second-order valence-corrected chi connectivity index (χ2v) is 6.73. The predicted molar refractivity (Wildman–Crippen MR) is 109 cm³/mol. The van der Waals surface area contributed by atoms with E-state index in [1.807, 2.05) is 19.9 Å². The van der Waals surface area contributed by atoms with Crippen LogP contribution in [0.25, 0.3) is 10.9 Å². The van der Waals surface area contributed by atoms with Gasteiger partial charge in [-0.25, -0.2) is 13.8 Å². The maximum Gasteiger partial charge on any atom is 0.225 e. The molecular formula is C21H20F2N6. The Balaban J connectivity index is 1.69. The summed E-state index contributed by atoms with van der Waals surface area (Å²) in [6, 6.07) is 12.3. The monoisotopic (exact) mass is 394 g/mol. The molecule has 0 unspecified atom stereocenters. The highest BCUT2D eigenvalue weighted by molar-refractivity contribution is 5.91. The molecule has 8 heteroatoms. The van der Waals surface area contributed by atoms with Crippen molar-refractivity contribution in [3.63, 3.8) is 0 Å². The molecule has 0 bridgehead atoms. The van der Waals surface area contributed by atoms with Crippen LogP contribution in [0.15, 0.2) is 48.5 Å². The number of rotatable bonds is 6. The maximum atomic E-state index is 13.8. The van der Waals surface area contributed by atoms with Gasteiger partial charge >= 0.3 is 0 Å². The minimum Gasteiger partial charge on any atom is -0.348 e. The fraction of sp³-hybridized carbons (Fsp3) is 0.190. The normalized spacial score (nSPS) is 12.1. The number of H-pyrrole nitrogens is 1. The van der Waals surface area contributed by atoms with Crippen molar-refractivity contribution in [1.29, 1.82) is 0 Å². The van der Waals surface area contributed by atoms with Gasteiger partial charge in [-0.15, -0.1) is 0 Å². The highest BCUT2D eigenvalue weighted by atomic mass is 19.1. The Morgan fingerprint density at radius 1 is 1.00 bits per heavy atom. The average Bonchev–Trinajstić information content (AvgIpc) is 3.16. The van der Waals surface area contributed by atoms with E-state index >= 15 is 0 Å². The summed E-state index contributed by atoms with van der Waals surface area (Å²) in [7, 11) is 0. The fourth-order valence-corrected chi connectivity index (χ4v) is 3.02. The first-order valence-electron chi connectivity index (χ1n) is 9.32. The minimum atomic E-state index is -0.374. The van der Waals surface area contributed by atoms with Crippen LogP contribution in [0.3, 0.4) is 0 Å². The van der Waals surface area contributed by atoms with Gasteiger partial charge in [-0.05, 0) is 49.2 Å². The lowest BCUT2D eigenvalue weighted by Crippen LogP contribution is -2.11. The number of benzene rings is 2. The fourth-order valence-electron chi connectivity index (χ4n) is 3.02. The number of nitrogens with zero attached hydrogens (tertiary/aromatic N) is 3. The van der Waals surface area contributed by atoms with Crippen LogP contribution in [-0.4, -0.2) is 20.2 Å². The highest BCUT2D eigenvalue weighted by Gasteiger charge is 2.13. The van der Waals surface area contributed by atoms with Crippen LogP contribution < -0.4 is 10.6 Å². The Morgan fingerprint density at radius 2 is 1.76 bits per heavy atom. The van der Waals surface area contributed by atoms with E-state index in [1.165, 1.54) is 24.3 Å². The van der Waals surface area contributed by atoms with Crippen molar-refractivity contribution in [2.45, 2.75) is 26.3 Å². The van der Waals surface area contributed by atoms with Crippen molar-refractivity contribution in [2.24, 2.45) is 0 Å². The number of aromatic amines is 1. The molecule has 0 aliphatic heterocycles. The molecule has 3 N–H and O–H groups in total. The van der Waals surface area contributed by atoms with Crippen LogP contribution >= 0.6 is 0 Å². The molecule has 0 amide bonds. The Kier molecular flexibility index (Phi) is 5.07. The van der Waals surface area contributed by atoms with Crippen LogP contribution in [0.2, 0.25) is 0 Å². The molecule has 4 aromatic rings. The largest absolute Gasteiger partial charge is 0.348 e. The Bertz CT molecular complexity index is 1140. The third-order valence-electron chi connectivity index (χ3n) is 4.63. The van der Waals surface area contributed by atoms with Crippen molar-refractivity contribution in [2.75, 3.05) is 10.6 Å². The molecule has 148 valence electrons. The molecule has 0 fully saturated rings. The van der Waals surface area contributed by atoms with Gasteiger partial charge in [0.2, 0.25) is 5.95 Å². The van der Waals surface area contributed by atoms with Gasteiger partial charge in [0.25, 0.3) is 0 Å². The second kappa shape index (κ2) is 7.83. The molecule has 1 atom stereocenters. The lowest BCUT2D eigenvalue weighted by atomic mass is 10.1. The molecule has 0 aliphatic carbocycles. The smallest absolute Gasteiger partial charge is 0.225 e. The highest BCUT2D eigenvalue weighted by Crippen LogP contribution is 2.27. The third kappa shape index (κ3) is 4.16. The number of halogens is 2. The van der Waals surface area contributed by atoms with Gasteiger partial charge in [0, 0.05) is 17.1 Å². The van der Waals surface area contributed by atoms with Gasteiger partial charge in [0.1, 0.15) is 17.5 Å². The Hall–Kier alpha value is -3.55. The SMILES string of the molecule is CCc1cc(Nc2nc(N[C@@H](C)c3ccc(F)cc3)nc3ccc(F)cc23)n[nH]1. The summed E-state index contributed by atoms with van der Waals surface area (Å²) in [4.78, 5) is 9.02. The zero-order valence-electron chi connectivity index (χ0n) is 16.0. The van der Waals surface area contributed by atoms with Gasteiger partial charge in [0.15, 0.2) is 5.82 Å². The van der Waals surface area contributed by atoms with E-state index in [1.54, 1.807) is 18.2 Å². The third-order valence-corrected chi connectivity index (χ3v) is 4.63. The molecule has 0 radical (unpaired) electrons. The Labute approximate surface area is 166 Å². The van der Waals surface area contributed by atoms with Crippen molar-refractivity contribution in [3.8, 4) is 0 Å². The van der Waals surface area contributed by atoms with Crippen LogP contribution in [0.4, 0.5) is 26.4 Å². The van der Waals surface area contributed by atoms with Gasteiger partial charge in [-0.3, -0.25) is 5.10 Å². The molecule has 4 rings (SSSR count). The summed E-state index contributed by atoms with van der Waals surface area (Å²) in [5.41, 5.74) is 2.45. The molecule has 0 spiro atoms. The van der Waals surface area contributed by atoms with Gasteiger partial charge in [-0.2, -0.15) is 10.1 Å². The lowest BCUT2D eigenvalue weighted by molar-refractivity contribution is 0.626. The first-order chi connectivity index (χ1) is 14.0. The first-order valence-corrected chi connectivity index (χ1v) is 9.32. The summed E-state index contributed by atoms with van der Waals surface area (Å²) < 4.78 is 27.0. The van der Waals surface area contributed by atoms with Crippen molar-refractivity contribution in [3.05, 3.63) is 71.4 Å². The lowest BCUT2D eigenvalue weighted by Gasteiger charge is -2.16. The van der Waals surface area contributed by atoms with E-state index in [0.29, 0.717) is 28.5 Å². The van der Waals surface area contributed by atoms with E-state index in [2.05, 4.69) is 30.8 Å². The summed E-state index contributed by atoms with van der Waals surface area (Å²) in [6.45, 7) is 3.95. The van der Waals surface area contributed by atoms with Crippen LogP contribution in [-0.2, 0) is 6.42 Å². The molecule has 2 aromatic carbocycles. The number of aryl methyl sites for hydroxylation is 1. The average molecular weight is 394 g/mol. The van der Waals surface area contributed by atoms with E-state index < -0.39 is 0 Å². The summed E-state index contributed by atoms with van der Waals surface area (Å²) in [5.74, 6) is 0.735. The second-order valence-electron chi connectivity index (χ2n) is 6.73. The molecule has 0 saturated heterocycles. The molecule has 2 heterocycles. The first kappa shape index (κ1) is 18.8. The standard InChI is InChI=1S/C21H20F2N6/c1-3-16-11-19(29-28-16)26-20-17-10-15(23)8-9-18(17)25-21(27-20)24-12(2)13-4-6-14(22)7-5-13/h4-12H,3H2,1-2H3,(H3,24,25,26,27,28,29)/t12-/m0/s1. The molecule has 6 nitrogen and oxygen atoms in total. The number of anilines is 3. The van der Waals surface area contributed by atoms with E-state index in [9.17, 15) is 8.78 Å². The maximum absolute atomic E-state index is 13.8. The van der Waals surface area contributed by atoms with Crippen LogP contribution in [0, 0.1) is 11.6 Å². The van der Waals surface area contributed by atoms with E-state index in [4.69, 9.17) is 0 Å². The molecule has 0 saturated carbocycles. The minimum absolute atomic E-state index is 0.154. The molecule has 2 aromatic heterocycles. The summed E-state index contributed by atoms with van der Waals surface area (Å²) >= 11 is 0. The van der Waals surface area contributed by atoms with Gasteiger partial charge < -0.3 is 10.6 Å². The van der Waals surface area contributed by atoms with E-state index in [0.717, 1.165) is 17.7 Å². The molecule has 0 aliphatic rings. The Morgan fingerprint density at radius 3 is 2.48 bits per heavy atom. The predicted octanol–water partition coefficient (Wildman–Crippen LogP) is 5.11. The van der Waals surface area contributed by atoms with Crippen molar-refractivity contribution in [1.82, 2.24) is 20.2 Å². The summed E-state index contributed by atoms with van der Waals surface area (Å²) in [6.07, 6.45) is 0.815. The van der Waals surface area contributed by atoms with Crippen molar-refractivity contribution < 1.29 is 8.78 Å².